The predicted molar refractivity (Wildman–Crippen MR) is 85.1 cm³/mol. The van der Waals surface area contributed by atoms with Crippen LogP contribution in [0.5, 0.6) is 5.75 Å². The van der Waals surface area contributed by atoms with Gasteiger partial charge in [0.05, 0.1) is 6.16 Å². The zero-order valence-corrected chi connectivity index (χ0v) is 13.6. The van der Waals surface area contributed by atoms with Crippen molar-refractivity contribution in [3.05, 3.63) is 54.1 Å². The lowest BCUT2D eigenvalue weighted by molar-refractivity contribution is -0.000327. The molecule has 7 heteroatoms. The molecule has 0 radical (unpaired) electrons. The van der Waals surface area contributed by atoms with Gasteiger partial charge in [-0.15, -0.1) is 0 Å². The Morgan fingerprint density at radius 2 is 1.55 bits per heavy atom. The molecule has 0 saturated carbocycles. The molecule has 22 heavy (non-hydrogen) atoms. The highest BCUT2D eigenvalue weighted by Gasteiger charge is 2.13. The van der Waals surface area contributed by atoms with Gasteiger partial charge in [0.1, 0.15) is 5.75 Å². The predicted octanol–water partition coefficient (Wildman–Crippen LogP) is 3.23. The molecule has 1 atom stereocenters. The minimum absolute atomic E-state index is 0.247. The van der Waals surface area contributed by atoms with Crippen LogP contribution in [0.15, 0.2) is 58.3 Å². The van der Waals surface area contributed by atoms with E-state index in [0.717, 1.165) is 9.79 Å². The summed E-state index contributed by atoms with van der Waals surface area (Å²) in [6, 6.07) is 14.4. The van der Waals surface area contributed by atoms with Crippen LogP contribution < -0.4 is 4.74 Å². The minimum Gasteiger partial charge on any atom is -0.465 e. The molecule has 3 N–H and O–H groups in total. The maximum Gasteiger partial charge on any atom is 0.329 e. The van der Waals surface area contributed by atoms with Gasteiger partial charge in [-0.25, -0.2) is 0 Å². The standard InChI is InChI=1S/C15H17O5PS/c1-11(16)20-13-4-8-15(9-5-13)22-14-6-2-12(3-7-14)10-21(17,18)19/h2-9,11,16H,10H2,1H3,(H2,17,18,19). The summed E-state index contributed by atoms with van der Waals surface area (Å²) in [5.74, 6) is 0.594. The molecule has 0 aliphatic carbocycles. The Bertz CT molecular complexity index is 649. The Morgan fingerprint density at radius 3 is 2.00 bits per heavy atom. The Kier molecular flexibility index (Phi) is 5.67. The number of benzene rings is 2. The Balaban J connectivity index is 2.00. The van der Waals surface area contributed by atoms with Crippen LogP contribution in [-0.2, 0) is 10.7 Å². The summed E-state index contributed by atoms with van der Waals surface area (Å²) in [5.41, 5.74) is 0.610. The van der Waals surface area contributed by atoms with Crippen LogP contribution in [0.25, 0.3) is 0 Å². The van der Waals surface area contributed by atoms with Crippen LogP contribution in [-0.4, -0.2) is 21.2 Å². The van der Waals surface area contributed by atoms with Gasteiger partial charge in [-0.1, -0.05) is 23.9 Å². The molecule has 0 heterocycles. The van der Waals surface area contributed by atoms with E-state index in [4.69, 9.17) is 19.6 Å². The van der Waals surface area contributed by atoms with Gasteiger partial charge in [-0.05, 0) is 48.9 Å². The monoisotopic (exact) mass is 340 g/mol. The molecule has 5 nitrogen and oxygen atoms in total. The van der Waals surface area contributed by atoms with Gasteiger partial charge in [0.15, 0.2) is 6.29 Å². The lowest BCUT2D eigenvalue weighted by atomic mass is 10.2. The molecule has 1 unspecified atom stereocenters. The molecular weight excluding hydrogens is 323 g/mol. The fraction of sp³-hybridized carbons (Fsp3) is 0.200. The Labute approximate surface area is 133 Å². The number of hydrogen-bond acceptors (Lipinski definition) is 4. The lowest BCUT2D eigenvalue weighted by Gasteiger charge is -2.09. The molecule has 0 bridgehead atoms. The number of rotatable bonds is 6. The molecule has 0 saturated heterocycles. The second kappa shape index (κ2) is 7.31. The molecule has 0 spiro atoms. The van der Waals surface area contributed by atoms with Crippen molar-refractivity contribution in [1.29, 1.82) is 0 Å². The summed E-state index contributed by atoms with van der Waals surface area (Å²) in [6.07, 6.45) is -1.09. The van der Waals surface area contributed by atoms with E-state index in [9.17, 15) is 4.57 Å². The molecule has 0 aliphatic rings. The summed E-state index contributed by atoms with van der Waals surface area (Å²) in [6.45, 7) is 1.54. The first-order chi connectivity index (χ1) is 10.3. The van der Waals surface area contributed by atoms with Crippen molar-refractivity contribution in [3.63, 3.8) is 0 Å². The zero-order chi connectivity index (χ0) is 16.2. The highest BCUT2D eigenvalue weighted by molar-refractivity contribution is 7.99. The smallest absolute Gasteiger partial charge is 0.329 e. The van der Waals surface area contributed by atoms with E-state index in [1.165, 1.54) is 11.8 Å². The van der Waals surface area contributed by atoms with Gasteiger partial charge in [-0.3, -0.25) is 4.57 Å². The quantitative estimate of drug-likeness (QED) is 0.553. The summed E-state index contributed by atoms with van der Waals surface area (Å²) in [7, 11) is -4.03. The fourth-order valence-electron chi connectivity index (χ4n) is 1.82. The third-order valence-electron chi connectivity index (χ3n) is 2.68. The fourth-order valence-corrected chi connectivity index (χ4v) is 3.32. The first-order valence-electron chi connectivity index (χ1n) is 6.58. The van der Waals surface area contributed by atoms with Crippen LogP contribution in [0, 0.1) is 0 Å². The van der Waals surface area contributed by atoms with E-state index in [2.05, 4.69) is 0 Å². The van der Waals surface area contributed by atoms with Gasteiger partial charge in [0.2, 0.25) is 0 Å². The second-order valence-corrected chi connectivity index (χ2v) is 7.55. The maximum absolute atomic E-state index is 10.9. The Hall–Kier alpha value is -1.30. The van der Waals surface area contributed by atoms with Gasteiger partial charge in [-0.2, -0.15) is 0 Å². The molecule has 2 aromatic carbocycles. The van der Waals surface area contributed by atoms with Crippen LogP contribution >= 0.6 is 19.4 Å². The van der Waals surface area contributed by atoms with Crippen LogP contribution in [0.1, 0.15) is 12.5 Å². The third-order valence-corrected chi connectivity index (χ3v) is 4.47. The van der Waals surface area contributed by atoms with E-state index in [0.29, 0.717) is 11.3 Å². The highest BCUT2D eigenvalue weighted by atomic mass is 32.2. The van der Waals surface area contributed by atoms with Gasteiger partial charge in [0.25, 0.3) is 0 Å². The first-order valence-corrected chi connectivity index (χ1v) is 9.19. The minimum atomic E-state index is -4.03. The van der Waals surface area contributed by atoms with Crippen LogP contribution in [0.3, 0.4) is 0 Å². The van der Waals surface area contributed by atoms with Crippen molar-refractivity contribution in [1.82, 2.24) is 0 Å². The molecule has 0 aliphatic heterocycles. The largest absolute Gasteiger partial charge is 0.465 e. The number of aliphatic hydroxyl groups excluding tert-OH is 1. The maximum atomic E-state index is 10.9. The van der Waals surface area contributed by atoms with Crippen molar-refractivity contribution in [2.75, 3.05) is 0 Å². The van der Waals surface area contributed by atoms with E-state index in [-0.39, 0.29) is 6.16 Å². The van der Waals surface area contributed by atoms with Gasteiger partial charge in [0, 0.05) is 9.79 Å². The van der Waals surface area contributed by atoms with E-state index in [1.807, 2.05) is 24.3 Å². The molecule has 2 rings (SSSR count). The van der Waals surface area contributed by atoms with Gasteiger partial charge < -0.3 is 19.6 Å². The lowest BCUT2D eigenvalue weighted by Crippen LogP contribution is -2.09. The van der Waals surface area contributed by atoms with Crippen molar-refractivity contribution >= 4 is 19.4 Å². The summed E-state index contributed by atoms with van der Waals surface area (Å²) < 4.78 is 16.1. The number of aliphatic hydroxyl groups is 1. The van der Waals surface area contributed by atoms with Crippen molar-refractivity contribution in [2.45, 2.75) is 29.2 Å². The number of ether oxygens (including phenoxy) is 1. The summed E-state index contributed by atoms with van der Waals surface area (Å²) in [5, 5.41) is 9.13. The van der Waals surface area contributed by atoms with Crippen LogP contribution in [0.2, 0.25) is 0 Å². The first kappa shape index (κ1) is 17.1. The molecule has 0 fully saturated rings. The van der Waals surface area contributed by atoms with Crippen LogP contribution in [0.4, 0.5) is 0 Å². The number of hydrogen-bond donors (Lipinski definition) is 3. The normalized spacial score (nSPS) is 12.9. The summed E-state index contributed by atoms with van der Waals surface area (Å²) >= 11 is 1.53. The molecule has 0 aromatic heterocycles. The highest BCUT2D eigenvalue weighted by Crippen LogP contribution is 2.39. The zero-order valence-electron chi connectivity index (χ0n) is 11.9. The SMILES string of the molecule is CC(O)Oc1ccc(Sc2ccc(CP(=O)(O)O)cc2)cc1. The third kappa shape index (κ3) is 5.83. The van der Waals surface area contributed by atoms with Gasteiger partial charge >= 0.3 is 7.60 Å². The molecule has 118 valence electrons. The van der Waals surface area contributed by atoms with Crippen molar-refractivity contribution < 1.29 is 24.2 Å². The summed E-state index contributed by atoms with van der Waals surface area (Å²) in [4.78, 5) is 19.9. The average Bonchev–Trinajstić information content (AvgIpc) is 2.41. The van der Waals surface area contributed by atoms with E-state index < -0.39 is 13.9 Å². The Morgan fingerprint density at radius 1 is 1.05 bits per heavy atom. The molecule has 0 amide bonds. The topological polar surface area (TPSA) is 87.0 Å². The average molecular weight is 340 g/mol. The molecular formula is C15H17O5PS. The van der Waals surface area contributed by atoms with Crippen molar-refractivity contribution in [2.24, 2.45) is 0 Å². The second-order valence-electron chi connectivity index (χ2n) is 4.76. The van der Waals surface area contributed by atoms with E-state index in [1.54, 1.807) is 31.2 Å². The van der Waals surface area contributed by atoms with Crippen molar-refractivity contribution in [3.8, 4) is 5.75 Å². The molecule has 2 aromatic rings. The van der Waals surface area contributed by atoms with E-state index >= 15 is 0 Å².